The molecule has 86 valence electrons. The molecule has 7 heteroatoms. The molecule has 2 rings (SSSR count). The number of amides is 2. The third-order valence-corrected chi connectivity index (χ3v) is 2.24. The molecule has 0 radical (unpaired) electrons. The average Bonchev–Trinajstić information content (AvgIpc) is 2.14. The van der Waals surface area contributed by atoms with Crippen LogP contribution in [0.25, 0.3) is 0 Å². The highest BCUT2D eigenvalue weighted by Gasteiger charge is 2.45. The molecule has 16 heavy (non-hydrogen) atoms. The van der Waals surface area contributed by atoms with Crippen molar-refractivity contribution in [3.63, 3.8) is 0 Å². The second-order valence-corrected chi connectivity index (χ2v) is 3.42. The zero-order valence-corrected chi connectivity index (χ0v) is 7.93. The van der Waals surface area contributed by atoms with Gasteiger partial charge >= 0.3 is 12.2 Å². The van der Waals surface area contributed by atoms with Gasteiger partial charge in [-0.2, -0.15) is 13.2 Å². The van der Waals surface area contributed by atoms with E-state index >= 15 is 0 Å². The summed E-state index contributed by atoms with van der Waals surface area (Å²) in [5, 5.41) is 4.09. The highest BCUT2D eigenvalue weighted by molar-refractivity contribution is 5.93. The van der Waals surface area contributed by atoms with Gasteiger partial charge in [-0.3, -0.25) is 0 Å². The first-order chi connectivity index (χ1) is 7.38. The minimum absolute atomic E-state index is 0.0405. The van der Waals surface area contributed by atoms with E-state index in [0.717, 1.165) is 0 Å². The highest BCUT2D eigenvalue weighted by Crippen LogP contribution is 2.38. The van der Waals surface area contributed by atoms with E-state index in [2.05, 4.69) is 5.32 Å². The number of hydrogen-bond donors (Lipinski definition) is 3. The van der Waals surface area contributed by atoms with Gasteiger partial charge in [-0.05, 0) is 12.1 Å². The molecule has 1 aliphatic rings. The Morgan fingerprint density at radius 3 is 2.62 bits per heavy atom. The Morgan fingerprint density at radius 1 is 1.31 bits per heavy atom. The standard InChI is InChI=1S/C9H8F3N3O/c10-9(11,12)7-5-2-1-4(13)3-6(5)14-8(16)15-7/h1-3,7H,13H2,(H2,14,15,16). The Morgan fingerprint density at radius 2 is 2.00 bits per heavy atom. The molecule has 0 fully saturated rings. The molecular weight excluding hydrogens is 223 g/mol. The number of nitrogens with one attached hydrogen (secondary N) is 2. The summed E-state index contributed by atoms with van der Waals surface area (Å²) in [6.07, 6.45) is -4.53. The maximum atomic E-state index is 12.6. The number of nitrogens with two attached hydrogens (primary N) is 1. The van der Waals surface area contributed by atoms with Gasteiger partial charge < -0.3 is 16.4 Å². The van der Waals surface area contributed by atoms with E-state index in [4.69, 9.17) is 5.73 Å². The van der Waals surface area contributed by atoms with Gasteiger partial charge in [0.1, 0.15) is 0 Å². The fourth-order valence-electron chi connectivity index (χ4n) is 1.56. The Kier molecular flexibility index (Phi) is 2.18. The fraction of sp³-hybridized carbons (Fsp3) is 0.222. The molecule has 4 N–H and O–H groups in total. The number of fused-ring (bicyclic) bond motifs is 1. The molecule has 1 aliphatic heterocycles. The molecule has 0 aromatic heterocycles. The minimum atomic E-state index is -4.53. The third-order valence-electron chi connectivity index (χ3n) is 2.24. The Labute approximate surface area is 88.6 Å². The van der Waals surface area contributed by atoms with Crippen LogP contribution < -0.4 is 16.4 Å². The van der Waals surface area contributed by atoms with Gasteiger partial charge in [-0.15, -0.1) is 0 Å². The van der Waals surface area contributed by atoms with Gasteiger partial charge in [0, 0.05) is 11.3 Å². The van der Waals surface area contributed by atoms with Crippen LogP contribution >= 0.6 is 0 Å². The summed E-state index contributed by atoms with van der Waals surface area (Å²) in [6, 6.07) is 1.02. The molecule has 0 spiro atoms. The zero-order valence-electron chi connectivity index (χ0n) is 7.93. The normalized spacial score (nSPS) is 19.7. The van der Waals surface area contributed by atoms with Crippen molar-refractivity contribution in [3.8, 4) is 0 Å². The monoisotopic (exact) mass is 231 g/mol. The number of anilines is 2. The van der Waals surface area contributed by atoms with E-state index in [1.807, 2.05) is 5.32 Å². The molecule has 0 saturated heterocycles. The second-order valence-electron chi connectivity index (χ2n) is 3.42. The van der Waals surface area contributed by atoms with E-state index in [9.17, 15) is 18.0 Å². The van der Waals surface area contributed by atoms with Gasteiger partial charge in [-0.1, -0.05) is 6.07 Å². The molecule has 1 unspecified atom stereocenters. The number of carbonyl (C=O) groups is 1. The van der Waals surface area contributed by atoms with E-state index in [-0.39, 0.29) is 11.3 Å². The summed E-state index contributed by atoms with van der Waals surface area (Å²) in [6.45, 7) is 0. The molecule has 1 heterocycles. The van der Waals surface area contributed by atoms with E-state index < -0.39 is 18.2 Å². The lowest BCUT2D eigenvalue weighted by molar-refractivity contribution is -0.155. The van der Waals surface area contributed by atoms with E-state index in [1.54, 1.807) is 0 Å². The number of halogens is 3. The number of rotatable bonds is 0. The summed E-state index contributed by atoms with van der Waals surface area (Å²) >= 11 is 0. The maximum absolute atomic E-state index is 12.6. The Balaban J connectivity index is 2.50. The van der Waals surface area contributed by atoms with Crippen LogP contribution in [0.4, 0.5) is 29.3 Å². The number of urea groups is 1. The van der Waals surface area contributed by atoms with Crippen molar-refractivity contribution < 1.29 is 18.0 Å². The first-order valence-electron chi connectivity index (χ1n) is 4.41. The van der Waals surface area contributed by atoms with Gasteiger partial charge in [0.25, 0.3) is 0 Å². The van der Waals surface area contributed by atoms with Gasteiger partial charge in [0.2, 0.25) is 0 Å². The van der Waals surface area contributed by atoms with Crippen LogP contribution in [-0.2, 0) is 0 Å². The summed E-state index contributed by atoms with van der Waals surface area (Å²) in [5.41, 5.74) is 5.77. The first kappa shape index (κ1) is 10.6. The van der Waals surface area contributed by atoms with Crippen LogP contribution in [0.5, 0.6) is 0 Å². The van der Waals surface area contributed by atoms with Gasteiger partial charge in [0.05, 0.1) is 5.69 Å². The van der Waals surface area contributed by atoms with Crippen molar-refractivity contribution in [2.75, 3.05) is 11.1 Å². The fourth-order valence-corrected chi connectivity index (χ4v) is 1.56. The number of hydrogen-bond acceptors (Lipinski definition) is 2. The maximum Gasteiger partial charge on any atom is 0.413 e. The lowest BCUT2D eigenvalue weighted by Gasteiger charge is -2.28. The van der Waals surface area contributed by atoms with Crippen molar-refractivity contribution >= 4 is 17.4 Å². The average molecular weight is 231 g/mol. The number of carbonyl (C=O) groups excluding carboxylic acids is 1. The van der Waals surface area contributed by atoms with Crippen LogP contribution in [0.1, 0.15) is 11.6 Å². The highest BCUT2D eigenvalue weighted by atomic mass is 19.4. The summed E-state index contributed by atoms with van der Waals surface area (Å²) in [5.74, 6) is 0. The zero-order chi connectivity index (χ0) is 11.9. The van der Waals surface area contributed by atoms with Crippen molar-refractivity contribution in [2.45, 2.75) is 12.2 Å². The second kappa shape index (κ2) is 3.29. The summed E-state index contributed by atoms with van der Waals surface area (Å²) in [7, 11) is 0. The van der Waals surface area contributed by atoms with Crippen LogP contribution in [0.15, 0.2) is 18.2 Å². The molecule has 2 amide bonds. The predicted molar refractivity (Wildman–Crippen MR) is 51.8 cm³/mol. The smallest absolute Gasteiger partial charge is 0.399 e. The van der Waals surface area contributed by atoms with Crippen molar-refractivity contribution in [1.82, 2.24) is 5.32 Å². The largest absolute Gasteiger partial charge is 0.413 e. The molecule has 0 saturated carbocycles. The van der Waals surface area contributed by atoms with Crippen LogP contribution in [-0.4, -0.2) is 12.2 Å². The molecule has 0 bridgehead atoms. The van der Waals surface area contributed by atoms with Crippen LogP contribution in [0, 0.1) is 0 Å². The van der Waals surface area contributed by atoms with Crippen molar-refractivity contribution in [2.24, 2.45) is 0 Å². The SMILES string of the molecule is Nc1ccc2c(c1)NC(=O)NC2C(F)(F)F. The van der Waals surface area contributed by atoms with Crippen molar-refractivity contribution in [3.05, 3.63) is 23.8 Å². The molecule has 1 aromatic rings. The minimum Gasteiger partial charge on any atom is -0.399 e. The van der Waals surface area contributed by atoms with E-state index in [0.29, 0.717) is 5.69 Å². The Bertz CT molecular complexity index is 444. The van der Waals surface area contributed by atoms with Crippen molar-refractivity contribution in [1.29, 1.82) is 0 Å². The number of alkyl halides is 3. The van der Waals surface area contributed by atoms with Gasteiger partial charge in [0.15, 0.2) is 6.04 Å². The van der Waals surface area contributed by atoms with Crippen LogP contribution in [0.3, 0.4) is 0 Å². The molecular formula is C9H8F3N3O. The molecule has 0 aliphatic carbocycles. The summed E-state index contributed by atoms with van der Waals surface area (Å²) < 4.78 is 37.9. The lowest BCUT2D eigenvalue weighted by atomic mass is 10.0. The quantitative estimate of drug-likeness (QED) is 0.598. The Hall–Kier alpha value is -1.92. The summed E-state index contributed by atoms with van der Waals surface area (Å²) in [4.78, 5) is 11.0. The molecule has 4 nitrogen and oxygen atoms in total. The number of benzene rings is 1. The predicted octanol–water partition coefficient (Wildman–Crippen LogP) is 2.01. The van der Waals surface area contributed by atoms with Gasteiger partial charge in [-0.25, -0.2) is 4.79 Å². The lowest BCUT2D eigenvalue weighted by Crippen LogP contribution is -2.44. The third kappa shape index (κ3) is 1.75. The topological polar surface area (TPSA) is 67.1 Å². The molecule has 1 atom stereocenters. The van der Waals surface area contributed by atoms with Crippen LogP contribution in [0.2, 0.25) is 0 Å². The number of nitrogen functional groups attached to an aromatic ring is 1. The van der Waals surface area contributed by atoms with E-state index in [1.165, 1.54) is 18.2 Å². The molecule has 1 aromatic carbocycles. The first-order valence-corrected chi connectivity index (χ1v) is 4.41.